The van der Waals surface area contributed by atoms with Gasteiger partial charge in [0.1, 0.15) is 0 Å². The number of benzene rings is 2. The summed E-state index contributed by atoms with van der Waals surface area (Å²) in [6.07, 6.45) is 2.20. The van der Waals surface area contributed by atoms with E-state index in [4.69, 9.17) is 0 Å². The maximum atomic E-state index is 2.72. The second kappa shape index (κ2) is 7.08. The summed E-state index contributed by atoms with van der Waals surface area (Å²) in [6.45, 7) is 16.9. The van der Waals surface area contributed by atoms with E-state index in [1.165, 1.54) is 33.6 Å². The molecule has 3 aromatic rings. The number of hydrogen-bond donors (Lipinski definition) is 0. The zero-order valence-corrected chi connectivity index (χ0v) is 19.7. The molecule has 1 aliphatic heterocycles. The van der Waals surface area contributed by atoms with Crippen LogP contribution in [-0.2, 0) is 11.0 Å². The highest BCUT2D eigenvalue weighted by molar-refractivity contribution is 5.70. The molecule has 0 aliphatic carbocycles. The van der Waals surface area contributed by atoms with E-state index in [1.54, 1.807) is 0 Å². The fourth-order valence-electron chi connectivity index (χ4n) is 6.67. The predicted molar refractivity (Wildman–Crippen MR) is 128 cm³/mol. The van der Waals surface area contributed by atoms with Crippen molar-refractivity contribution in [3.8, 4) is 22.4 Å². The molecular weight excluding hydrogens is 362 g/mol. The molecule has 0 fully saturated rings. The van der Waals surface area contributed by atoms with Crippen molar-refractivity contribution in [2.24, 2.45) is 5.41 Å². The lowest BCUT2D eigenvalue weighted by Gasteiger charge is -2.54. The van der Waals surface area contributed by atoms with Gasteiger partial charge in [-0.3, -0.25) is 0 Å². The summed E-state index contributed by atoms with van der Waals surface area (Å²) in [6, 6.07) is 24.6. The second-order valence-electron chi connectivity index (χ2n) is 10.1. The Morgan fingerprint density at radius 2 is 1.40 bits per heavy atom. The van der Waals surface area contributed by atoms with Gasteiger partial charge in [0.2, 0.25) is 5.69 Å². The van der Waals surface area contributed by atoms with E-state index in [0.29, 0.717) is 0 Å². The van der Waals surface area contributed by atoms with Crippen molar-refractivity contribution in [3.63, 3.8) is 0 Å². The van der Waals surface area contributed by atoms with Crippen LogP contribution >= 0.6 is 0 Å². The summed E-state index contributed by atoms with van der Waals surface area (Å²) in [5.74, 6) is 0. The minimum atomic E-state index is -0.0344. The third kappa shape index (κ3) is 2.57. The highest BCUT2D eigenvalue weighted by atomic mass is 15.1. The minimum Gasteiger partial charge on any atom is -0.188 e. The smallest absolute Gasteiger partial charge is 0.188 e. The Bertz CT molecular complexity index is 1070. The number of rotatable bonds is 3. The quantitative estimate of drug-likeness (QED) is 0.403. The molecule has 2 heterocycles. The Balaban J connectivity index is 2.19. The second-order valence-corrected chi connectivity index (χ2v) is 10.1. The molecule has 0 radical (unpaired) electrons. The van der Waals surface area contributed by atoms with Crippen molar-refractivity contribution in [3.05, 3.63) is 78.0 Å². The number of hydrogen-bond acceptors (Lipinski definition) is 0. The Kier molecular flexibility index (Phi) is 4.92. The lowest BCUT2D eigenvalue weighted by atomic mass is 9.51. The van der Waals surface area contributed by atoms with Crippen molar-refractivity contribution in [1.82, 2.24) is 0 Å². The van der Waals surface area contributed by atoms with Gasteiger partial charge >= 0.3 is 0 Å². The van der Waals surface area contributed by atoms with Gasteiger partial charge in [-0.2, -0.15) is 4.57 Å². The first kappa shape index (κ1) is 20.8. The summed E-state index contributed by atoms with van der Waals surface area (Å²) in [4.78, 5) is 0. The molecule has 0 bridgehead atoms. The van der Waals surface area contributed by atoms with E-state index >= 15 is 0 Å². The van der Waals surface area contributed by atoms with Crippen molar-refractivity contribution in [2.45, 2.75) is 72.3 Å². The first-order chi connectivity index (χ1) is 14.2. The zero-order valence-electron chi connectivity index (χ0n) is 19.7. The topological polar surface area (TPSA) is 3.88 Å². The van der Waals surface area contributed by atoms with Crippen LogP contribution in [0.4, 0.5) is 0 Å². The SMILES string of the molecule is CCC1(C)c2ccccc2-c2ccc(-c3ccccc3)c(C)[n+]2C1(CC)C(C)(C)C. The van der Waals surface area contributed by atoms with Gasteiger partial charge in [0, 0.05) is 30.4 Å². The van der Waals surface area contributed by atoms with Gasteiger partial charge in [0.05, 0.1) is 11.0 Å². The van der Waals surface area contributed by atoms with E-state index < -0.39 is 0 Å². The largest absolute Gasteiger partial charge is 0.213 e. The van der Waals surface area contributed by atoms with Crippen molar-refractivity contribution >= 4 is 0 Å². The van der Waals surface area contributed by atoms with Gasteiger partial charge in [-0.05, 0) is 36.6 Å². The highest BCUT2D eigenvalue weighted by Gasteiger charge is 2.65. The zero-order chi connectivity index (χ0) is 21.7. The summed E-state index contributed by atoms with van der Waals surface area (Å²) in [7, 11) is 0. The van der Waals surface area contributed by atoms with Gasteiger partial charge in [-0.25, -0.2) is 0 Å². The van der Waals surface area contributed by atoms with Crippen LogP contribution in [-0.4, -0.2) is 0 Å². The maximum absolute atomic E-state index is 2.72. The molecule has 1 heteroatoms. The van der Waals surface area contributed by atoms with E-state index in [2.05, 4.69) is 120 Å². The molecular formula is C29H36N+. The molecule has 0 N–H and O–H groups in total. The Morgan fingerprint density at radius 3 is 2.00 bits per heavy atom. The Morgan fingerprint density at radius 1 is 0.767 bits per heavy atom. The molecule has 4 rings (SSSR count). The van der Waals surface area contributed by atoms with E-state index in [0.717, 1.165) is 12.8 Å². The lowest BCUT2D eigenvalue weighted by molar-refractivity contribution is -0.788. The van der Waals surface area contributed by atoms with Crippen LogP contribution in [0.2, 0.25) is 0 Å². The fourth-order valence-corrected chi connectivity index (χ4v) is 6.67. The third-order valence-corrected chi connectivity index (χ3v) is 8.01. The van der Waals surface area contributed by atoms with E-state index in [9.17, 15) is 0 Å². The van der Waals surface area contributed by atoms with E-state index in [1.807, 2.05) is 0 Å². The molecule has 0 saturated heterocycles. The number of nitrogens with zero attached hydrogens (tertiary/aromatic N) is 1. The van der Waals surface area contributed by atoms with Gasteiger partial charge in [-0.15, -0.1) is 0 Å². The van der Waals surface area contributed by atoms with Gasteiger partial charge in [-0.1, -0.05) is 83.1 Å². The Labute approximate surface area is 182 Å². The van der Waals surface area contributed by atoms with Crippen LogP contribution in [0, 0.1) is 12.3 Å². The molecule has 1 aliphatic rings. The molecule has 1 nitrogen and oxygen atoms in total. The van der Waals surface area contributed by atoms with Crippen LogP contribution in [0.3, 0.4) is 0 Å². The van der Waals surface area contributed by atoms with Gasteiger partial charge < -0.3 is 0 Å². The number of aromatic nitrogens is 1. The first-order valence-corrected chi connectivity index (χ1v) is 11.4. The van der Waals surface area contributed by atoms with Crippen LogP contribution in [0.1, 0.15) is 65.6 Å². The summed E-state index contributed by atoms with van der Waals surface area (Å²) < 4.78 is 2.72. The van der Waals surface area contributed by atoms with Crippen LogP contribution in [0.25, 0.3) is 22.4 Å². The molecule has 156 valence electrons. The average Bonchev–Trinajstić information content (AvgIpc) is 2.74. The monoisotopic (exact) mass is 398 g/mol. The lowest BCUT2D eigenvalue weighted by Crippen LogP contribution is -2.75. The molecule has 30 heavy (non-hydrogen) atoms. The van der Waals surface area contributed by atoms with Crippen LogP contribution in [0.5, 0.6) is 0 Å². The summed E-state index contributed by atoms with van der Waals surface area (Å²) in [5.41, 5.74) is 8.31. The molecule has 1 aromatic heterocycles. The number of fused-ring (bicyclic) bond motifs is 3. The number of pyridine rings is 1. The van der Waals surface area contributed by atoms with Gasteiger partial charge in [0.15, 0.2) is 11.2 Å². The average molecular weight is 399 g/mol. The molecule has 0 amide bonds. The molecule has 2 aromatic carbocycles. The standard InChI is InChI=1S/C29H36N/c1-8-28(7)25-18-14-13-17-24(25)26-20-19-23(22-15-11-10-12-16-22)21(3)30(26)29(28,9-2)27(4,5)6/h10-20H,8-9H2,1-7H3/q+1. The molecule has 2 atom stereocenters. The van der Waals surface area contributed by atoms with Crippen molar-refractivity contribution in [2.75, 3.05) is 0 Å². The maximum Gasteiger partial charge on any atom is 0.213 e. The van der Waals surface area contributed by atoms with Crippen molar-refractivity contribution in [1.29, 1.82) is 0 Å². The van der Waals surface area contributed by atoms with Gasteiger partial charge in [0.25, 0.3) is 0 Å². The first-order valence-electron chi connectivity index (χ1n) is 11.4. The molecule has 2 unspecified atom stereocenters. The fraction of sp³-hybridized carbons (Fsp3) is 0.414. The van der Waals surface area contributed by atoms with Crippen LogP contribution < -0.4 is 4.57 Å². The summed E-state index contributed by atoms with van der Waals surface area (Å²) in [5, 5.41) is 0. The third-order valence-electron chi connectivity index (χ3n) is 8.01. The summed E-state index contributed by atoms with van der Waals surface area (Å²) >= 11 is 0. The highest BCUT2D eigenvalue weighted by Crippen LogP contribution is 2.57. The van der Waals surface area contributed by atoms with E-state index in [-0.39, 0.29) is 16.4 Å². The molecule has 0 saturated carbocycles. The molecule has 0 spiro atoms. The predicted octanol–water partition coefficient (Wildman–Crippen LogP) is 7.45. The van der Waals surface area contributed by atoms with Crippen molar-refractivity contribution < 1.29 is 4.57 Å². The van der Waals surface area contributed by atoms with Crippen LogP contribution in [0.15, 0.2) is 66.7 Å². The normalized spacial score (nSPS) is 23.0. The minimum absolute atomic E-state index is 0.0344. The Hall–Kier alpha value is -2.41.